The molecule has 5 rings (SSSR count). The van der Waals surface area contributed by atoms with E-state index in [0.29, 0.717) is 18.5 Å². The monoisotopic (exact) mass is 583 g/mol. The average Bonchev–Trinajstić information content (AvgIpc) is 3.44. The third-order valence-corrected chi connectivity index (χ3v) is 6.90. The number of carbonyl (C=O) groups excluding carboxylic acids is 2. The molecule has 0 spiro atoms. The molecule has 10 heteroatoms. The smallest absolute Gasteiger partial charge is 0.359 e. The quantitative estimate of drug-likeness (QED) is 0.209. The van der Waals surface area contributed by atoms with E-state index in [-0.39, 0.29) is 11.5 Å². The Balaban J connectivity index is 1.39. The van der Waals surface area contributed by atoms with Gasteiger partial charge in [0.15, 0.2) is 0 Å². The van der Waals surface area contributed by atoms with E-state index >= 15 is 0 Å². The molecule has 0 atom stereocenters. The van der Waals surface area contributed by atoms with E-state index < -0.39 is 17.8 Å². The Morgan fingerprint density at radius 3 is 2.05 bits per heavy atom. The van der Waals surface area contributed by atoms with Crippen LogP contribution in [0.4, 0.5) is 18.9 Å². The molecule has 0 fully saturated rings. The summed E-state index contributed by atoms with van der Waals surface area (Å²) < 4.78 is 40.2. The van der Waals surface area contributed by atoms with E-state index in [1.165, 1.54) is 5.56 Å². The minimum absolute atomic E-state index is 0.00119. The van der Waals surface area contributed by atoms with Gasteiger partial charge in [-0.3, -0.25) is 14.6 Å². The van der Waals surface area contributed by atoms with Gasteiger partial charge < -0.3 is 10.6 Å². The van der Waals surface area contributed by atoms with Gasteiger partial charge in [-0.25, -0.2) is 4.68 Å². The first-order valence-corrected chi connectivity index (χ1v) is 13.5. The van der Waals surface area contributed by atoms with Crippen LogP contribution in [-0.4, -0.2) is 33.6 Å². The number of carbonyl (C=O) groups is 2. The number of nitrogens with zero attached hydrogens (tertiary/aromatic N) is 3. The summed E-state index contributed by atoms with van der Waals surface area (Å²) >= 11 is 0. The second-order valence-electron chi connectivity index (χ2n) is 9.98. The van der Waals surface area contributed by atoms with Gasteiger partial charge in [-0.15, -0.1) is 0 Å². The molecule has 0 bridgehead atoms. The number of rotatable bonds is 8. The van der Waals surface area contributed by atoms with Crippen LogP contribution in [-0.2, 0) is 17.4 Å². The lowest BCUT2D eigenvalue weighted by molar-refractivity contribution is -0.141. The molecule has 43 heavy (non-hydrogen) atoms. The molecule has 0 aliphatic heterocycles. The molecular weight excluding hydrogens is 555 g/mol. The van der Waals surface area contributed by atoms with Gasteiger partial charge in [0.05, 0.1) is 22.6 Å². The summed E-state index contributed by atoms with van der Waals surface area (Å²) in [6.45, 7) is 2.05. The highest BCUT2D eigenvalue weighted by atomic mass is 19.4. The summed E-state index contributed by atoms with van der Waals surface area (Å²) in [5.41, 5.74) is 5.99. The molecule has 2 amide bonds. The van der Waals surface area contributed by atoms with E-state index in [9.17, 15) is 22.8 Å². The number of alkyl halides is 3. The highest BCUT2D eigenvalue weighted by Gasteiger charge is 2.32. The van der Waals surface area contributed by atoms with Crippen molar-refractivity contribution < 1.29 is 22.8 Å². The van der Waals surface area contributed by atoms with Gasteiger partial charge in [0.2, 0.25) is 5.91 Å². The van der Waals surface area contributed by atoms with Crippen LogP contribution in [0.1, 0.15) is 33.7 Å². The molecule has 0 unspecified atom stereocenters. The number of hydrogen-bond acceptors (Lipinski definition) is 4. The van der Waals surface area contributed by atoms with Crippen molar-refractivity contribution in [1.29, 1.82) is 0 Å². The number of aromatic nitrogens is 3. The number of nitrogens with one attached hydrogen (secondary N) is 2. The van der Waals surface area contributed by atoms with Gasteiger partial charge in [-0.05, 0) is 60.5 Å². The van der Waals surface area contributed by atoms with Crippen LogP contribution in [0.3, 0.4) is 0 Å². The van der Waals surface area contributed by atoms with E-state index in [1.807, 2.05) is 25.1 Å². The minimum atomic E-state index is -4.58. The van der Waals surface area contributed by atoms with E-state index in [2.05, 4.69) is 52.0 Å². The SMILES string of the molecule is CNC(=O)CCc1cc(-c2ccc(-c3ccc(C)cc3)cc2)n(-c2ccc(NC(=O)c3ccc(C(F)(F)F)nc3)cc2)n1. The number of pyridine rings is 1. The Hall–Kier alpha value is -5.25. The Morgan fingerprint density at radius 1 is 0.837 bits per heavy atom. The van der Waals surface area contributed by atoms with Crippen LogP contribution < -0.4 is 10.6 Å². The molecule has 2 heterocycles. The largest absolute Gasteiger partial charge is 0.433 e. The van der Waals surface area contributed by atoms with Crippen molar-refractivity contribution >= 4 is 17.5 Å². The first-order chi connectivity index (χ1) is 20.6. The first-order valence-electron chi connectivity index (χ1n) is 13.5. The molecule has 5 aromatic rings. The summed E-state index contributed by atoms with van der Waals surface area (Å²) in [7, 11) is 1.59. The molecule has 7 nitrogen and oxygen atoms in total. The van der Waals surface area contributed by atoms with Crippen LogP contribution in [0.2, 0.25) is 0 Å². The molecular formula is C33H28F3N5O2. The van der Waals surface area contributed by atoms with Crippen molar-refractivity contribution in [3.8, 4) is 28.1 Å². The number of amides is 2. The third kappa shape index (κ3) is 6.98. The molecule has 0 aliphatic carbocycles. The average molecular weight is 584 g/mol. The van der Waals surface area contributed by atoms with Crippen molar-refractivity contribution in [3.05, 3.63) is 120 Å². The number of aryl methyl sites for hydroxylation is 2. The van der Waals surface area contributed by atoms with Crippen LogP contribution in [0.25, 0.3) is 28.1 Å². The molecule has 0 saturated carbocycles. The molecule has 0 radical (unpaired) electrons. The lowest BCUT2D eigenvalue weighted by atomic mass is 10.0. The maximum Gasteiger partial charge on any atom is 0.433 e. The fraction of sp³-hybridized carbons (Fsp3) is 0.152. The predicted octanol–water partition coefficient (Wildman–Crippen LogP) is 6.86. The zero-order chi connectivity index (χ0) is 30.6. The van der Waals surface area contributed by atoms with E-state index in [4.69, 9.17) is 5.10 Å². The van der Waals surface area contributed by atoms with Crippen molar-refractivity contribution in [2.24, 2.45) is 0 Å². The first kappa shape index (κ1) is 29.2. The molecule has 218 valence electrons. The summed E-state index contributed by atoms with van der Waals surface area (Å²) in [5.74, 6) is -0.666. The van der Waals surface area contributed by atoms with Crippen molar-refractivity contribution in [3.63, 3.8) is 0 Å². The predicted molar refractivity (Wildman–Crippen MR) is 159 cm³/mol. The fourth-order valence-electron chi connectivity index (χ4n) is 4.49. The third-order valence-electron chi connectivity index (χ3n) is 6.90. The Kier molecular flexibility index (Phi) is 8.38. The van der Waals surface area contributed by atoms with Crippen LogP contribution in [0.15, 0.2) is 97.2 Å². The Bertz CT molecular complexity index is 1730. The highest BCUT2D eigenvalue weighted by Crippen LogP contribution is 2.29. The zero-order valence-electron chi connectivity index (χ0n) is 23.4. The van der Waals surface area contributed by atoms with Gasteiger partial charge in [0.1, 0.15) is 5.69 Å². The van der Waals surface area contributed by atoms with Gasteiger partial charge in [0, 0.05) is 37.3 Å². The summed E-state index contributed by atoms with van der Waals surface area (Å²) in [5, 5.41) is 10.1. The highest BCUT2D eigenvalue weighted by molar-refractivity contribution is 6.04. The van der Waals surface area contributed by atoms with Crippen LogP contribution in [0.5, 0.6) is 0 Å². The van der Waals surface area contributed by atoms with Crippen LogP contribution >= 0.6 is 0 Å². The topological polar surface area (TPSA) is 88.9 Å². The van der Waals surface area contributed by atoms with Crippen LogP contribution in [0, 0.1) is 6.92 Å². The van der Waals surface area contributed by atoms with Gasteiger partial charge >= 0.3 is 6.18 Å². The van der Waals surface area contributed by atoms with Gasteiger partial charge in [-0.1, -0.05) is 54.1 Å². The second kappa shape index (κ2) is 12.3. The normalized spacial score (nSPS) is 11.3. The van der Waals surface area contributed by atoms with Crippen molar-refractivity contribution in [2.75, 3.05) is 12.4 Å². The number of benzene rings is 3. The number of halogens is 3. The van der Waals surface area contributed by atoms with E-state index in [0.717, 1.165) is 52.1 Å². The Labute approximate surface area is 246 Å². The lowest BCUT2D eigenvalue weighted by Crippen LogP contribution is -2.18. The van der Waals surface area contributed by atoms with E-state index in [1.54, 1.807) is 36.0 Å². The maximum atomic E-state index is 12.8. The zero-order valence-corrected chi connectivity index (χ0v) is 23.4. The standard InChI is InChI=1S/C33H28F3N5O2/c1-21-3-5-22(6-4-21)23-7-9-24(10-8-23)29-19-27(14-18-31(42)37-2)40-41(29)28-15-12-26(13-16-28)39-32(43)25-11-17-30(38-20-25)33(34,35)36/h3-13,15-17,19-20H,14,18H2,1-2H3,(H,37,42)(H,39,43). The summed E-state index contributed by atoms with van der Waals surface area (Å²) in [6.07, 6.45) is -2.94. The number of anilines is 1. The van der Waals surface area contributed by atoms with Crippen molar-refractivity contribution in [2.45, 2.75) is 25.9 Å². The summed E-state index contributed by atoms with van der Waals surface area (Å²) in [6, 6.07) is 27.2. The molecule has 0 aliphatic rings. The molecule has 3 aromatic carbocycles. The second-order valence-corrected chi connectivity index (χ2v) is 9.98. The molecule has 2 aromatic heterocycles. The van der Waals surface area contributed by atoms with Gasteiger partial charge in [-0.2, -0.15) is 18.3 Å². The molecule has 2 N–H and O–H groups in total. The minimum Gasteiger partial charge on any atom is -0.359 e. The Morgan fingerprint density at radius 2 is 1.47 bits per heavy atom. The summed E-state index contributed by atoms with van der Waals surface area (Å²) in [4.78, 5) is 27.8. The number of hydrogen-bond donors (Lipinski definition) is 2. The van der Waals surface area contributed by atoms with Gasteiger partial charge in [0.25, 0.3) is 5.91 Å². The van der Waals surface area contributed by atoms with Crippen molar-refractivity contribution in [1.82, 2.24) is 20.1 Å². The molecule has 0 saturated heterocycles. The lowest BCUT2D eigenvalue weighted by Gasteiger charge is -2.11. The maximum absolute atomic E-state index is 12.8. The fourth-order valence-corrected chi connectivity index (χ4v) is 4.49.